The van der Waals surface area contributed by atoms with Crippen LogP contribution in [0, 0.1) is 0 Å². The summed E-state index contributed by atoms with van der Waals surface area (Å²) in [6.07, 6.45) is 0.721. The number of carbonyl (C=O) groups excluding carboxylic acids is 1. The molecular weight excluding hydrogens is 238 g/mol. The second kappa shape index (κ2) is 4.35. The van der Waals surface area contributed by atoms with Gasteiger partial charge in [-0.05, 0) is 6.92 Å². The highest BCUT2D eigenvalue weighted by Gasteiger charge is 2.32. The molecule has 82 valence electrons. The fraction of sp³-hybridized carbons (Fsp3) is 0.250. The summed E-state index contributed by atoms with van der Waals surface area (Å²) in [6.45, 7) is 1.12. The largest absolute Gasteiger partial charge is 0.527 e. The third-order valence-electron chi connectivity index (χ3n) is 0.998. The molecule has 8 nitrogen and oxygen atoms in total. The maximum absolute atomic E-state index is 10.8. The van der Waals surface area contributed by atoms with Crippen LogP contribution < -0.4 is 0 Å². The molecule has 0 unspecified atom stereocenters. The molecule has 0 bridgehead atoms. The lowest BCUT2D eigenvalue weighted by atomic mass is 10.5. The average Bonchev–Trinajstić information content (AvgIpc) is 1.79. The zero-order valence-electron chi connectivity index (χ0n) is 6.89. The van der Waals surface area contributed by atoms with Gasteiger partial charge in [-0.2, -0.15) is 0 Å². The van der Waals surface area contributed by atoms with E-state index in [0.717, 1.165) is 13.0 Å². The van der Waals surface area contributed by atoms with Crippen molar-refractivity contribution < 1.29 is 38.0 Å². The van der Waals surface area contributed by atoms with E-state index in [1.807, 2.05) is 0 Å². The van der Waals surface area contributed by atoms with Crippen molar-refractivity contribution in [1.82, 2.24) is 0 Å². The fourth-order valence-corrected chi connectivity index (χ4v) is 1.57. The van der Waals surface area contributed by atoms with Crippen molar-refractivity contribution in [2.45, 2.75) is 6.92 Å². The van der Waals surface area contributed by atoms with Crippen LogP contribution in [0.2, 0.25) is 0 Å². The molecule has 10 heteroatoms. The van der Waals surface area contributed by atoms with Crippen LogP contribution in [0.4, 0.5) is 0 Å². The molecular formula is C4H8O8P2. The van der Waals surface area contributed by atoms with Gasteiger partial charge >= 0.3 is 21.4 Å². The quantitative estimate of drug-likeness (QED) is 0.393. The Kier molecular flexibility index (Phi) is 4.20. The van der Waals surface area contributed by atoms with E-state index in [4.69, 9.17) is 19.6 Å². The first-order valence-corrected chi connectivity index (χ1v) is 6.24. The van der Waals surface area contributed by atoms with Crippen LogP contribution in [0.5, 0.6) is 0 Å². The Morgan fingerprint density at radius 1 is 1.21 bits per heavy atom. The highest BCUT2D eigenvalue weighted by atomic mass is 31.2. The molecule has 14 heavy (non-hydrogen) atoms. The molecule has 0 aromatic rings. The minimum Gasteiger partial charge on any atom is -0.367 e. The Hall–Kier alpha value is -0.490. The van der Waals surface area contributed by atoms with Crippen LogP contribution in [0.3, 0.4) is 0 Å². The molecule has 0 fully saturated rings. The van der Waals surface area contributed by atoms with Crippen LogP contribution in [-0.4, -0.2) is 25.5 Å². The Balaban J connectivity index is 4.87. The number of hydrogen-bond donors (Lipinski definition) is 4. The molecule has 0 saturated heterocycles. The normalized spacial score (nSPS) is 13.9. The van der Waals surface area contributed by atoms with Crippen LogP contribution in [0.15, 0.2) is 11.4 Å². The summed E-state index contributed by atoms with van der Waals surface area (Å²) in [5.41, 5.74) is 0. The highest BCUT2D eigenvalue weighted by molar-refractivity contribution is 7.58. The van der Waals surface area contributed by atoms with Gasteiger partial charge in [-0.15, -0.1) is 0 Å². The average molecular weight is 246 g/mol. The Morgan fingerprint density at radius 3 is 1.86 bits per heavy atom. The second-order valence-electron chi connectivity index (χ2n) is 2.09. The summed E-state index contributed by atoms with van der Waals surface area (Å²) in [5.74, 6) is -1.74. The monoisotopic (exact) mass is 246 g/mol. The van der Waals surface area contributed by atoms with Crippen molar-refractivity contribution in [2.24, 2.45) is 0 Å². The van der Waals surface area contributed by atoms with Gasteiger partial charge in [0.15, 0.2) is 0 Å². The van der Waals surface area contributed by atoms with E-state index in [-0.39, 0.29) is 0 Å². The number of phosphoric ester groups is 1. The van der Waals surface area contributed by atoms with E-state index in [2.05, 4.69) is 4.52 Å². The molecule has 0 spiro atoms. The first-order chi connectivity index (χ1) is 6.08. The van der Waals surface area contributed by atoms with E-state index >= 15 is 0 Å². The molecule has 0 aromatic heterocycles. The van der Waals surface area contributed by atoms with Crippen molar-refractivity contribution in [3.63, 3.8) is 0 Å². The lowest BCUT2D eigenvalue weighted by molar-refractivity contribution is -0.130. The lowest BCUT2D eigenvalue weighted by Crippen LogP contribution is -2.06. The number of phosphoric acid groups is 1. The smallest absolute Gasteiger partial charge is 0.367 e. The first-order valence-electron chi connectivity index (χ1n) is 3.10. The van der Waals surface area contributed by atoms with Crippen LogP contribution in [0.25, 0.3) is 0 Å². The number of hydrogen-bond acceptors (Lipinski definition) is 4. The fourth-order valence-electron chi connectivity index (χ4n) is 0.560. The Labute approximate surface area is 78.6 Å². The summed E-state index contributed by atoms with van der Waals surface area (Å²) < 4.78 is 24.2. The highest BCUT2D eigenvalue weighted by Crippen LogP contribution is 2.48. The van der Waals surface area contributed by atoms with E-state index < -0.39 is 26.7 Å². The van der Waals surface area contributed by atoms with Gasteiger partial charge in [-0.1, -0.05) is 6.08 Å². The SMILES string of the molecule is CC=C(C(=O)OP(=O)(O)O)P(=O)(O)O. The Bertz CT molecular complexity index is 344. The molecule has 0 amide bonds. The molecule has 0 rings (SSSR count). The molecule has 0 aliphatic rings. The van der Waals surface area contributed by atoms with E-state index in [0.29, 0.717) is 0 Å². The molecule has 0 atom stereocenters. The molecule has 0 aromatic carbocycles. The van der Waals surface area contributed by atoms with Gasteiger partial charge < -0.3 is 14.3 Å². The van der Waals surface area contributed by atoms with Crippen LogP contribution >= 0.6 is 15.4 Å². The number of allylic oxidation sites excluding steroid dienone is 1. The van der Waals surface area contributed by atoms with Crippen molar-refractivity contribution in [3.8, 4) is 0 Å². The van der Waals surface area contributed by atoms with Crippen molar-refractivity contribution in [1.29, 1.82) is 0 Å². The molecule has 0 saturated carbocycles. The standard InChI is InChI=1S/C4H8O8P2/c1-2-3(13(6,7)8)4(5)12-14(9,10)11/h2H,1H3,(H2,6,7,8)(H2,9,10,11). The molecule has 0 radical (unpaired) electrons. The molecule has 4 N–H and O–H groups in total. The predicted octanol–water partition coefficient (Wildman–Crippen LogP) is -0.296. The van der Waals surface area contributed by atoms with Gasteiger partial charge in [-0.25, -0.2) is 9.36 Å². The zero-order chi connectivity index (χ0) is 11.6. The van der Waals surface area contributed by atoms with Crippen molar-refractivity contribution in [3.05, 3.63) is 11.4 Å². The van der Waals surface area contributed by atoms with Crippen LogP contribution in [0.1, 0.15) is 6.92 Å². The van der Waals surface area contributed by atoms with Gasteiger partial charge in [0, 0.05) is 0 Å². The van der Waals surface area contributed by atoms with Gasteiger partial charge in [0.2, 0.25) is 0 Å². The number of carbonyl (C=O) groups is 1. The third kappa shape index (κ3) is 4.66. The Morgan fingerprint density at radius 2 is 1.64 bits per heavy atom. The van der Waals surface area contributed by atoms with E-state index in [1.54, 1.807) is 0 Å². The van der Waals surface area contributed by atoms with Crippen molar-refractivity contribution >= 4 is 21.4 Å². The summed E-state index contributed by atoms with van der Waals surface area (Å²) >= 11 is 0. The maximum Gasteiger partial charge on any atom is 0.527 e. The van der Waals surface area contributed by atoms with E-state index in [9.17, 15) is 13.9 Å². The van der Waals surface area contributed by atoms with Gasteiger partial charge in [-0.3, -0.25) is 14.4 Å². The summed E-state index contributed by atoms with van der Waals surface area (Å²) in [7, 11) is -9.97. The van der Waals surface area contributed by atoms with Gasteiger partial charge in [0.05, 0.1) is 0 Å². The first kappa shape index (κ1) is 13.5. The molecule has 0 aliphatic carbocycles. The zero-order valence-corrected chi connectivity index (χ0v) is 8.68. The topological polar surface area (TPSA) is 141 Å². The van der Waals surface area contributed by atoms with E-state index in [1.165, 1.54) is 0 Å². The van der Waals surface area contributed by atoms with Gasteiger partial charge in [0.1, 0.15) is 5.31 Å². The summed E-state index contributed by atoms with van der Waals surface area (Å²) in [5, 5.41) is -1.10. The summed E-state index contributed by atoms with van der Waals surface area (Å²) in [4.78, 5) is 44.2. The summed E-state index contributed by atoms with van der Waals surface area (Å²) in [6, 6.07) is 0. The molecule has 0 heterocycles. The van der Waals surface area contributed by atoms with Crippen molar-refractivity contribution in [2.75, 3.05) is 0 Å². The number of rotatable bonds is 3. The molecule has 0 aliphatic heterocycles. The van der Waals surface area contributed by atoms with Gasteiger partial charge in [0.25, 0.3) is 0 Å². The maximum atomic E-state index is 10.8. The minimum absolute atomic E-state index is 0.721. The minimum atomic E-state index is -5.09. The predicted molar refractivity (Wildman–Crippen MR) is 43.9 cm³/mol. The third-order valence-corrected chi connectivity index (χ3v) is 2.47. The van der Waals surface area contributed by atoms with Crippen LogP contribution in [-0.2, 0) is 18.4 Å². The second-order valence-corrected chi connectivity index (χ2v) is 4.82. The lowest BCUT2D eigenvalue weighted by Gasteiger charge is -2.08.